The summed E-state index contributed by atoms with van der Waals surface area (Å²) in [6.45, 7) is 4.69. The number of anilines is 1. The number of rotatable bonds is 1. The van der Waals surface area contributed by atoms with E-state index in [0.29, 0.717) is 11.9 Å². The maximum Gasteiger partial charge on any atom is 0.255 e. The molecule has 1 fully saturated rings. The predicted octanol–water partition coefficient (Wildman–Crippen LogP) is 1.56. The van der Waals surface area contributed by atoms with Crippen molar-refractivity contribution in [2.75, 3.05) is 24.5 Å². The van der Waals surface area contributed by atoms with Gasteiger partial charge in [-0.15, -0.1) is 12.4 Å². The van der Waals surface area contributed by atoms with Crippen LogP contribution in [-0.2, 0) is 0 Å². The topological polar surface area (TPSA) is 61.3 Å². The second-order valence-electron chi connectivity index (χ2n) is 4.66. The molecule has 0 aliphatic carbocycles. The number of fused-ring (bicyclic) bond motifs is 1. The number of piperazine rings is 1. The fraction of sp³-hybridized carbons (Fsp3) is 0.385. The molecule has 1 aromatic heterocycles. The number of nitrogens with zero attached hydrogens (tertiary/aromatic N) is 3. The third-order valence-electron chi connectivity index (χ3n) is 3.20. The zero-order chi connectivity index (χ0) is 12.5. The van der Waals surface area contributed by atoms with Gasteiger partial charge in [0, 0.05) is 25.7 Å². The lowest BCUT2D eigenvalue weighted by atomic mass is 10.2. The fourth-order valence-electron chi connectivity index (χ4n) is 2.32. The van der Waals surface area contributed by atoms with E-state index in [1.807, 2.05) is 24.3 Å². The van der Waals surface area contributed by atoms with Crippen molar-refractivity contribution in [3.05, 3.63) is 24.3 Å². The molecule has 102 valence electrons. The normalized spacial score (nSPS) is 19.2. The molecule has 1 aliphatic heterocycles. The molecule has 1 aromatic carbocycles. The van der Waals surface area contributed by atoms with E-state index in [4.69, 9.17) is 0 Å². The van der Waals surface area contributed by atoms with Crippen LogP contribution in [0, 0.1) is 0 Å². The molecule has 2 N–H and O–H groups in total. The number of hydrogen-bond acceptors (Lipinski definition) is 5. The van der Waals surface area contributed by atoms with Crippen molar-refractivity contribution < 1.29 is 5.11 Å². The standard InChI is InChI=1S/C13H16N4O.ClH/c1-9-8-17(7-6-14-9)12-13(18)16-11-5-3-2-4-10(11)15-12;/h2-5,9,14H,6-8H2,1H3,(H,16,18);1H/t9-;/m1./s1. The van der Waals surface area contributed by atoms with Crippen LogP contribution >= 0.6 is 12.4 Å². The van der Waals surface area contributed by atoms with Gasteiger partial charge in [0.15, 0.2) is 5.82 Å². The van der Waals surface area contributed by atoms with E-state index < -0.39 is 0 Å². The minimum absolute atomic E-state index is 0. The van der Waals surface area contributed by atoms with Crippen molar-refractivity contribution in [1.82, 2.24) is 15.3 Å². The quantitative estimate of drug-likeness (QED) is 0.830. The van der Waals surface area contributed by atoms with Gasteiger partial charge in [0.05, 0.1) is 11.0 Å². The van der Waals surface area contributed by atoms with Crippen LogP contribution in [0.3, 0.4) is 0 Å². The van der Waals surface area contributed by atoms with Crippen molar-refractivity contribution in [2.45, 2.75) is 13.0 Å². The molecule has 0 bridgehead atoms. The molecule has 1 aliphatic rings. The minimum atomic E-state index is 0. The number of hydrogen-bond donors (Lipinski definition) is 2. The van der Waals surface area contributed by atoms with E-state index in [0.717, 1.165) is 30.7 Å². The molecule has 0 spiro atoms. The zero-order valence-corrected chi connectivity index (χ0v) is 11.5. The summed E-state index contributed by atoms with van der Waals surface area (Å²) in [4.78, 5) is 10.8. The van der Waals surface area contributed by atoms with Gasteiger partial charge in [-0.05, 0) is 19.1 Å². The Morgan fingerprint density at radius 1 is 1.26 bits per heavy atom. The van der Waals surface area contributed by atoms with E-state index in [-0.39, 0.29) is 18.3 Å². The van der Waals surface area contributed by atoms with Crippen LogP contribution in [0.4, 0.5) is 5.82 Å². The first-order valence-electron chi connectivity index (χ1n) is 6.18. The van der Waals surface area contributed by atoms with E-state index in [2.05, 4.69) is 27.1 Å². The Morgan fingerprint density at radius 3 is 2.63 bits per heavy atom. The average molecular weight is 281 g/mol. The molecule has 0 radical (unpaired) electrons. The summed E-state index contributed by atoms with van der Waals surface area (Å²) in [5.41, 5.74) is 1.54. The van der Waals surface area contributed by atoms with Crippen LogP contribution < -0.4 is 10.2 Å². The minimum Gasteiger partial charge on any atom is -0.491 e. The summed E-state index contributed by atoms with van der Waals surface area (Å²) in [5.74, 6) is 0.602. The van der Waals surface area contributed by atoms with Crippen molar-refractivity contribution >= 4 is 29.3 Å². The van der Waals surface area contributed by atoms with Crippen LogP contribution in [0.2, 0.25) is 0 Å². The molecule has 6 heteroatoms. The van der Waals surface area contributed by atoms with Gasteiger partial charge in [-0.25, -0.2) is 9.97 Å². The maximum atomic E-state index is 10.0. The van der Waals surface area contributed by atoms with E-state index in [1.165, 1.54) is 0 Å². The van der Waals surface area contributed by atoms with E-state index >= 15 is 0 Å². The molecular weight excluding hydrogens is 264 g/mol. The largest absolute Gasteiger partial charge is 0.491 e. The summed E-state index contributed by atoms with van der Waals surface area (Å²) >= 11 is 0. The lowest BCUT2D eigenvalue weighted by Gasteiger charge is -2.32. The van der Waals surface area contributed by atoms with Gasteiger partial charge in [0.2, 0.25) is 0 Å². The SMILES string of the molecule is C[C@@H]1CN(c2nc3ccccc3nc2O)CCN1.Cl. The third kappa shape index (κ3) is 2.72. The van der Waals surface area contributed by atoms with Gasteiger partial charge >= 0.3 is 0 Å². The number of halogens is 1. The smallest absolute Gasteiger partial charge is 0.255 e. The van der Waals surface area contributed by atoms with Gasteiger partial charge in [0.1, 0.15) is 0 Å². The van der Waals surface area contributed by atoms with Crippen LogP contribution in [-0.4, -0.2) is 40.8 Å². The molecular formula is C13H17ClN4O. The van der Waals surface area contributed by atoms with Gasteiger partial charge in [0.25, 0.3) is 5.88 Å². The van der Waals surface area contributed by atoms with Gasteiger partial charge in [-0.3, -0.25) is 0 Å². The average Bonchev–Trinajstić information content (AvgIpc) is 2.38. The summed E-state index contributed by atoms with van der Waals surface area (Å²) in [7, 11) is 0. The van der Waals surface area contributed by atoms with Crippen LogP contribution in [0.25, 0.3) is 11.0 Å². The molecule has 19 heavy (non-hydrogen) atoms. The van der Waals surface area contributed by atoms with Gasteiger partial charge in [-0.1, -0.05) is 12.1 Å². The van der Waals surface area contributed by atoms with Crippen molar-refractivity contribution in [3.63, 3.8) is 0 Å². The monoisotopic (exact) mass is 280 g/mol. The zero-order valence-electron chi connectivity index (χ0n) is 10.7. The highest BCUT2D eigenvalue weighted by Crippen LogP contribution is 2.26. The molecule has 0 amide bonds. The van der Waals surface area contributed by atoms with E-state index in [1.54, 1.807) is 0 Å². The van der Waals surface area contributed by atoms with Crippen molar-refractivity contribution in [3.8, 4) is 5.88 Å². The number of para-hydroxylation sites is 2. The van der Waals surface area contributed by atoms with Crippen molar-refractivity contribution in [2.24, 2.45) is 0 Å². The first-order chi connectivity index (χ1) is 8.74. The Morgan fingerprint density at radius 2 is 1.95 bits per heavy atom. The molecule has 3 rings (SSSR count). The second-order valence-corrected chi connectivity index (χ2v) is 4.66. The summed E-state index contributed by atoms with van der Waals surface area (Å²) in [6, 6.07) is 7.98. The molecule has 1 saturated heterocycles. The number of nitrogens with one attached hydrogen (secondary N) is 1. The maximum absolute atomic E-state index is 10.0. The van der Waals surface area contributed by atoms with Gasteiger partial charge in [-0.2, -0.15) is 0 Å². The highest BCUT2D eigenvalue weighted by molar-refractivity contribution is 5.85. The molecule has 0 unspecified atom stereocenters. The fourth-order valence-corrected chi connectivity index (χ4v) is 2.32. The Kier molecular flexibility index (Phi) is 4.07. The first kappa shape index (κ1) is 13.8. The lowest BCUT2D eigenvalue weighted by molar-refractivity contribution is 0.438. The highest BCUT2D eigenvalue weighted by atomic mass is 35.5. The van der Waals surface area contributed by atoms with E-state index in [9.17, 15) is 5.11 Å². The molecule has 0 saturated carbocycles. The second kappa shape index (κ2) is 5.59. The Balaban J connectivity index is 0.00000133. The Labute approximate surface area is 118 Å². The highest BCUT2D eigenvalue weighted by Gasteiger charge is 2.20. The van der Waals surface area contributed by atoms with Gasteiger partial charge < -0.3 is 15.3 Å². The lowest BCUT2D eigenvalue weighted by Crippen LogP contribution is -2.49. The summed E-state index contributed by atoms with van der Waals surface area (Å²) in [6.07, 6.45) is 0. The number of aromatic nitrogens is 2. The van der Waals surface area contributed by atoms with Crippen LogP contribution in [0.15, 0.2) is 24.3 Å². The number of benzene rings is 1. The Hall–Kier alpha value is -1.59. The molecule has 2 heterocycles. The molecule has 1 atom stereocenters. The molecule has 2 aromatic rings. The summed E-state index contributed by atoms with van der Waals surface area (Å²) < 4.78 is 0. The third-order valence-corrected chi connectivity index (χ3v) is 3.20. The Bertz CT molecular complexity index is 578. The van der Waals surface area contributed by atoms with Crippen molar-refractivity contribution in [1.29, 1.82) is 0 Å². The first-order valence-corrected chi connectivity index (χ1v) is 6.18. The van der Waals surface area contributed by atoms with Crippen LogP contribution in [0.5, 0.6) is 5.88 Å². The molecule has 5 nitrogen and oxygen atoms in total. The van der Waals surface area contributed by atoms with Crippen LogP contribution in [0.1, 0.15) is 6.92 Å². The predicted molar refractivity (Wildman–Crippen MR) is 78.1 cm³/mol. The summed E-state index contributed by atoms with van der Waals surface area (Å²) in [5, 5.41) is 13.4. The number of aromatic hydroxyl groups is 1.